The number of carbonyl (C=O) groups is 6. The molecule has 0 radical (unpaired) electrons. The standard InChI is InChI=1S/C23H32N2O5.C18H26N2O3/c1-5-6-18(23(30)24-19-10-8-17(14-26)9-11-19)13-20(28)22(15(2)3)25-21(29)12-7-16(4)27;1-4-5-14(10-16(22)17(19)12(2)3)18(23)20-15-8-6-13(11-21)7-9-15/h5,8-11,15,18,22,26H,1,6-7,12-14H2,2-4H3,(H,24,30)(H,25,29);4,6-9,12,14,17,21H,1,5,10-11,19H2,2-3H3,(H,20,23)/t18-,22+;14-,17+/m11/s1. The number of amides is 3. The first kappa shape index (κ1) is 46.2. The molecule has 0 aliphatic carbocycles. The molecule has 0 bridgehead atoms. The van der Waals surface area contributed by atoms with Crippen LogP contribution in [0.4, 0.5) is 11.4 Å². The van der Waals surface area contributed by atoms with Crippen LogP contribution in [0, 0.1) is 23.7 Å². The first-order valence-electron chi connectivity index (χ1n) is 17.9. The summed E-state index contributed by atoms with van der Waals surface area (Å²) >= 11 is 0. The van der Waals surface area contributed by atoms with Crippen LogP contribution in [0.3, 0.4) is 0 Å². The second-order valence-electron chi connectivity index (χ2n) is 13.7. The highest BCUT2D eigenvalue weighted by atomic mass is 16.3. The topological polar surface area (TPSA) is 205 Å². The average Bonchev–Trinajstić information content (AvgIpc) is 3.12. The van der Waals surface area contributed by atoms with E-state index in [1.54, 1.807) is 60.7 Å². The molecule has 7 N–H and O–H groups in total. The van der Waals surface area contributed by atoms with Gasteiger partial charge in [0, 0.05) is 48.9 Å². The summed E-state index contributed by atoms with van der Waals surface area (Å²) in [6.07, 6.45) is 4.17. The fourth-order valence-electron chi connectivity index (χ4n) is 5.12. The molecule has 290 valence electrons. The Morgan fingerprint density at radius 2 is 1.09 bits per heavy atom. The minimum absolute atomic E-state index is 0.0340. The van der Waals surface area contributed by atoms with E-state index in [1.165, 1.54) is 6.92 Å². The van der Waals surface area contributed by atoms with E-state index >= 15 is 0 Å². The van der Waals surface area contributed by atoms with Gasteiger partial charge in [0.2, 0.25) is 17.7 Å². The molecular weight excluding hydrogens is 676 g/mol. The Morgan fingerprint density at radius 1 is 0.679 bits per heavy atom. The SMILES string of the molecule is C=CC[C@H](CC(=O)[C@@H](N)C(C)C)C(=O)Nc1ccc(CO)cc1.C=CC[C@H](CC(=O)[C@@H](NC(=O)CCC(C)=O)C(C)C)C(=O)Nc1ccc(CO)cc1. The van der Waals surface area contributed by atoms with Gasteiger partial charge in [0.15, 0.2) is 11.6 Å². The zero-order chi connectivity index (χ0) is 40.1. The van der Waals surface area contributed by atoms with Crippen LogP contribution in [0.5, 0.6) is 0 Å². The van der Waals surface area contributed by atoms with Crippen molar-refractivity contribution in [1.29, 1.82) is 0 Å². The molecule has 0 heterocycles. The van der Waals surface area contributed by atoms with E-state index in [0.717, 1.165) is 11.1 Å². The Kier molecular flexibility index (Phi) is 21.3. The molecule has 0 aromatic heterocycles. The third-order valence-electron chi connectivity index (χ3n) is 8.47. The van der Waals surface area contributed by atoms with Gasteiger partial charge in [-0.15, -0.1) is 13.2 Å². The third kappa shape index (κ3) is 17.5. The van der Waals surface area contributed by atoms with Gasteiger partial charge in [-0.3, -0.25) is 24.0 Å². The van der Waals surface area contributed by atoms with Gasteiger partial charge in [-0.25, -0.2) is 0 Å². The van der Waals surface area contributed by atoms with Crippen molar-refractivity contribution in [3.05, 3.63) is 85.0 Å². The van der Waals surface area contributed by atoms with E-state index in [2.05, 4.69) is 29.1 Å². The van der Waals surface area contributed by atoms with Crippen molar-refractivity contribution in [1.82, 2.24) is 5.32 Å². The van der Waals surface area contributed by atoms with Crippen LogP contribution in [-0.4, -0.2) is 57.4 Å². The molecule has 4 atom stereocenters. The molecule has 53 heavy (non-hydrogen) atoms. The molecule has 2 aromatic rings. The molecule has 3 amide bonds. The Hall–Kier alpha value is -4.78. The molecule has 0 saturated carbocycles. The summed E-state index contributed by atoms with van der Waals surface area (Å²) in [7, 11) is 0. The zero-order valence-electron chi connectivity index (χ0n) is 31.7. The van der Waals surface area contributed by atoms with Crippen LogP contribution in [0.25, 0.3) is 0 Å². The van der Waals surface area contributed by atoms with Crippen molar-refractivity contribution in [3.8, 4) is 0 Å². The predicted molar refractivity (Wildman–Crippen MR) is 207 cm³/mol. The molecule has 0 spiro atoms. The molecule has 0 aliphatic heterocycles. The van der Waals surface area contributed by atoms with Crippen LogP contribution in [0.1, 0.15) is 84.3 Å². The van der Waals surface area contributed by atoms with Crippen molar-refractivity contribution >= 4 is 46.4 Å². The first-order chi connectivity index (χ1) is 25.1. The van der Waals surface area contributed by atoms with Crippen LogP contribution >= 0.6 is 0 Å². The number of ketones is 3. The number of allylic oxidation sites excluding steroid dienone is 2. The number of nitrogens with two attached hydrogens (primary N) is 1. The number of aliphatic hydroxyl groups is 2. The number of hydrogen-bond acceptors (Lipinski definition) is 9. The molecule has 12 heteroatoms. The van der Waals surface area contributed by atoms with Gasteiger partial charge in [-0.1, -0.05) is 64.1 Å². The van der Waals surface area contributed by atoms with Crippen LogP contribution in [0.2, 0.25) is 0 Å². The summed E-state index contributed by atoms with van der Waals surface area (Å²) in [5.74, 6) is -2.56. The van der Waals surface area contributed by atoms with Gasteiger partial charge in [-0.2, -0.15) is 0 Å². The highest BCUT2D eigenvalue weighted by Crippen LogP contribution is 2.20. The lowest BCUT2D eigenvalue weighted by Crippen LogP contribution is -2.45. The maximum atomic E-state index is 12.9. The summed E-state index contributed by atoms with van der Waals surface area (Å²) < 4.78 is 0. The summed E-state index contributed by atoms with van der Waals surface area (Å²) in [6, 6.07) is 12.4. The maximum Gasteiger partial charge on any atom is 0.228 e. The number of aliphatic hydroxyl groups excluding tert-OH is 2. The maximum absolute atomic E-state index is 12.9. The highest BCUT2D eigenvalue weighted by Gasteiger charge is 2.29. The van der Waals surface area contributed by atoms with E-state index in [-0.39, 0.29) is 85.8 Å². The first-order valence-corrected chi connectivity index (χ1v) is 17.9. The number of rotatable bonds is 22. The Labute approximate surface area is 313 Å². The summed E-state index contributed by atoms with van der Waals surface area (Å²) in [4.78, 5) is 73.2. The summed E-state index contributed by atoms with van der Waals surface area (Å²) in [5, 5.41) is 26.4. The van der Waals surface area contributed by atoms with Crippen LogP contribution in [-0.2, 0) is 42.0 Å². The minimum Gasteiger partial charge on any atom is -0.392 e. The van der Waals surface area contributed by atoms with E-state index in [0.29, 0.717) is 24.2 Å². The normalized spacial score (nSPS) is 13.0. The Bertz CT molecular complexity index is 1520. The van der Waals surface area contributed by atoms with E-state index in [9.17, 15) is 28.8 Å². The molecule has 0 unspecified atom stereocenters. The van der Waals surface area contributed by atoms with Gasteiger partial charge in [0.05, 0.1) is 25.3 Å². The van der Waals surface area contributed by atoms with Crippen molar-refractivity contribution < 1.29 is 39.0 Å². The van der Waals surface area contributed by atoms with Gasteiger partial charge < -0.3 is 36.7 Å². The quantitative estimate of drug-likeness (QED) is 0.0897. The molecule has 2 aromatic carbocycles. The Balaban J connectivity index is 0.000000549. The van der Waals surface area contributed by atoms with Gasteiger partial charge in [0.1, 0.15) is 5.78 Å². The van der Waals surface area contributed by atoms with E-state index < -0.39 is 23.9 Å². The second kappa shape index (κ2) is 24.5. The number of Topliss-reactive ketones (excluding diaryl/α,β-unsaturated/α-hetero) is 3. The van der Waals surface area contributed by atoms with Crippen molar-refractivity contribution in [2.75, 3.05) is 10.6 Å². The lowest BCUT2D eigenvalue weighted by Gasteiger charge is -2.23. The van der Waals surface area contributed by atoms with E-state index in [1.807, 2.05) is 27.7 Å². The van der Waals surface area contributed by atoms with Crippen LogP contribution < -0.4 is 21.7 Å². The largest absolute Gasteiger partial charge is 0.392 e. The lowest BCUT2D eigenvalue weighted by atomic mass is 9.90. The third-order valence-corrected chi connectivity index (χ3v) is 8.47. The summed E-state index contributed by atoms with van der Waals surface area (Å²) in [5.41, 5.74) is 8.55. The van der Waals surface area contributed by atoms with Crippen molar-refractivity contribution in [3.63, 3.8) is 0 Å². The zero-order valence-corrected chi connectivity index (χ0v) is 31.7. The molecular formula is C41H58N4O8. The fraction of sp³-hybridized carbons (Fsp3) is 0.463. The minimum atomic E-state index is -0.728. The molecule has 12 nitrogen and oxygen atoms in total. The van der Waals surface area contributed by atoms with Crippen molar-refractivity contribution in [2.24, 2.45) is 29.4 Å². The molecule has 0 saturated heterocycles. The van der Waals surface area contributed by atoms with Crippen molar-refractivity contribution in [2.45, 2.75) is 98.4 Å². The Morgan fingerprint density at radius 3 is 1.43 bits per heavy atom. The monoisotopic (exact) mass is 734 g/mol. The van der Waals surface area contributed by atoms with Gasteiger partial charge >= 0.3 is 0 Å². The number of benzene rings is 2. The van der Waals surface area contributed by atoms with E-state index in [4.69, 9.17) is 15.9 Å². The number of carbonyl (C=O) groups excluding carboxylic acids is 6. The number of nitrogens with one attached hydrogen (secondary N) is 3. The summed E-state index contributed by atoms with van der Waals surface area (Å²) in [6.45, 7) is 16.0. The highest BCUT2D eigenvalue weighted by molar-refractivity contribution is 5.98. The van der Waals surface area contributed by atoms with Crippen LogP contribution in [0.15, 0.2) is 73.8 Å². The number of hydrogen-bond donors (Lipinski definition) is 6. The predicted octanol–water partition coefficient (Wildman–Crippen LogP) is 5.03. The number of anilines is 2. The van der Waals surface area contributed by atoms with Gasteiger partial charge in [-0.05, 0) is 67.0 Å². The van der Waals surface area contributed by atoms with Gasteiger partial charge in [0.25, 0.3) is 0 Å². The average molecular weight is 735 g/mol. The lowest BCUT2D eigenvalue weighted by molar-refractivity contribution is -0.131. The molecule has 0 aliphatic rings. The molecule has 2 rings (SSSR count). The molecule has 0 fully saturated rings. The second-order valence-corrected chi connectivity index (χ2v) is 13.7. The smallest absolute Gasteiger partial charge is 0.228 e. The fourth-order valence-corrected chi connectivity index (χ4v) is 5.12.